The lowest BCUT2D eigenvalue weighted by Crippen LogP contribution is -2.46. The lowest BCUT2D eigenvalue weighted by atomic mass is 9.83. The fourth-order valence-electron chi connectivity index (χ4n) is 3.66. The number of carbonyl (C=O) groups excluding carboxylic acids is 1. The minimum Gasteiger partial charge on any atom is -0.481 e. The van der Waals surface area contributed by atoms with Crippen LogP contribution in [0.2, 0.25) is 0 Å². The van der Waals surface area contributed by atoms with Gasteiger partial charge in [-0.15, -0.1) is 0 Å². The Bertz CT molecular complexity index is 364. The maximum atomic E-state index is 12.3. The number of urea groups is 1. The summed E-state index contributed by atoms with van der Waals surface area (Å²) in [5, 5.41) is 12.0. The number of nitrogens with zero attached hydrogens (tertiary/aromatic N) is 1. The summed E-state index contributed by atoms with van der Waals surface area (Å²) in [6.07, 6.45) is 7.79. The van der Waals surface area contributed by atoms with Crippen LogP contribution < -0.4 is 5.32 Å². The van der Waals surface area contributed by atoms with E-state index in [2.05, 4.69) is 12.2 Å². The molecule has 0 aromatic rings. The molecule has 114 valence electrons. The van der Waals surface area contributed by atoms with E-state index < -0.39 is 5.97 Å². The Morgan fingerprint density at radius 3 is 2.60 bits per heavy atom. The smallest absolute Gasteiger partial charge is 0.317 e. The Balaban J connectivity index is 1.86. The van der Waals surface area contributed by atoms with E-state index in [-0.39, 0.29) is 23.9 Å². The monoisotopic (exact) mass is 282 g/mol. The van der Waals surface area contributed by atoms with Gasteiger partial charge < -0.3 is 15.3 Å². The van der Waals surface area contributed by atoms with Gasteiger partial charge in [0.1, 0.15) is 0 Å². The topological polar surface area (TPSA) is 69.6 Å². The Kier molecular flexibility index (Phi) is 4.89. The number of hydrogen-bond donors (Lipinski definition) is 2. The number of carboxylic acids is 1. The highest BCUT2D eigenvalue weighted by Crippen LogP contribution is 2.40. The Labute approximate surface area is 120 Å². The van der Waals surface area contributed by atoms with E-state index in [0.717, 1.165) is 25.8 Å². The molecule has 0 spiro atoms. The van der Waals surface area contributed by atoms with Crippen molar-refractivity contribution in [2.24, 2.45) is 5.41 Å². The number of carboxylic acid groups (broad SMARTS) is 1. The summed E-state index contributed by atoms with van der Waals surface area (Å²) in [6.45, 7) is 3.61. The van der Waals surface area contributed by atoms with Gasteiger partial charge >= 0.3 is 12.0 Å². The standard InChI is InChI=1S/C15H26N2O3/c1-2-15(7-3-4-8-15)11-16-14(20)17-9-5-6-12(17)10-13(18)19/h12H,2-11H2,1H3,(H,16,20)(H,18,19). The molecule has 0 bridgehead atoms. The lowest BCUT2D eigenvalue weighted by Gasteiger charge is -2.30. The minimum absolute atomic E-state index is 0.0618. The third-order valence-corrected chi connectivity index (χ3v) is 5.08. The third-order valence-electron chi connectivity index (χ3n) is 5.08. The molecule has 0 aromatic heterocycles. The largest absolute Gasteiger partial charge is 0.481 e. The van der Waals surface area contributed by atoms with Crippen LogP contribution in [0.4, 0.5) is 4.79 Å². The molecule has 2 amide bonds. The molecule has 2 rings (SSSR count). The van der Waals surface area contributed by atoms with Gasteiger partial charge in [0, 0.05) is 19.1 Å². The van der Waals surface area contributed by atoms with Crippen LogP contribution in [0.3, 0.4) is 0 Å². The van der Waals surface area contributed by atoms with Gasteiger partial charge in [-0.05, 0) is 37.5 Å². The van der Waals surface area contributed by atoms with Crippen LogP contribution in [0.1, 0.15) is 58.3 Å². The molecule has 1 unspecified atom stereocenters. The van der Waals surface area contributed by atoms with Crippen molar-refractivity contribution in [3.8, 4) is 0 Å². The molecule has 2 N–H and O–H groups in total. The zero-order valence-corrected chi connectivity index (χ0v) is 12.4. The molecule has 20 heavy (non-hydrogen) atoms. The van der Waals surface area contributed by atoms with E-state index in [9.17, 15) is 9.59 Å². The van der Waals surface area contributed by atoms with Crippen LogP contribution in [0.25, 0.3) is 0 Å². The Morgan fingerprint density at radius 1 is 1.30 bits per heavy atom. The second kappa shape index (κ2) is 6.46. The molecule has 1 heterocycles. The normalized spacial score (nSPS) is 24.9. The number of nitrogens with one attached hydrogen (secondary N) is 1. The molecule has 5 nitrogen and oxygen atoms in total. The first-order valence-corrected chi connectivity index (χ1v) is 7.82. The SMILES string of the molecule is CCC1(CNC(=O)N2CCCC2CC(=O)O)CCCC1. The maximum Gasteiger partial charge on any atom is 0.317 e. The molecule has 0 aromatic carbocycles. The van der Waals surface area contributed by atoms with E-state index in [0.29, 0.717) is 6.54 Å². The van der Waals surface area contributed by atoms with Crippen LogP contribution in [-0.4, -0.2) is 41.1 Å². The number of likely N-dealkylation sites (tertiary alicyclic amines) is 1. The van der Waals surface area contributed by atoms with Crippen molar-refractivity contribution >= 4 is 12.0 Å². The van der Waals surface area contributed by atoms with Crippen molar-refractivity contribution in [3.05, 3.63) is 0 Å². The van der Waals surface area contributed by atoms with Gasteiger partial charge in [0.05, 0.1) is 6.42 Å². The number of amides is 2. The molecule has 2 fully saturated rings. The summed E-state index contributed by atoms with van der Waals surface area (Å²) in [7, 11) is 0. The zero-order chi connectivity index (χ0) is 14.6. The molecule has 2 aliphatic rings. The quantitative estimate of drug-likeness (QED) is 0.814. The maximum absolute atomic E-state index is 12.3. The van der Waals surface area contributed by atoms with Crippen molar-refractivity contribution in [1.82, 2.24) is 10.2 Å². The average Bonchev–Trinajstić information content (AvgIpc) is 3.05. The van der Waals surface area contributed by atoms with Gasteiger partial charge in [0.25, 0.3) is 0 Å². The number of carbonyl (C=O) groups is 2. The summed E-state index contributed by atoms with van der Waals surface area (Å²) in [4.78, 5) is 24.8. The van der Waals surface area contributed by atoms with Gasteiger partial charge in [0.2, 0.25) is 0 Å². The minimum atomic E-state index is -0.824. The first-order chi connectivity index (χ1) is 9.56. The molecule has 1 aliphatic heterocycles. The van der Waals surface area contributed by atoms with E-state index >= 15 is 0 Å². The molecule has 1 atom stereocenters. The summed E-state index contributed by atoms with van der Waals surface area (Å²) in [5.74, 6) is -0.824. The Morgan fingerprint density at radius 2 is 2.00 bits per heavy atom. The zero-order valence-electron chi connectivity index (χ0n) is 12.4. The number of aliphatic carboxylic acids is 1. The van der Waals surface area contributed by atoms with E-state index in [1.807, 2.05) is 0 Å². The highest BCUT2D eigenvalue weighted by atomic mass is 16.4. The van der Waals surface area contributed by atoms with Crippen LogP contribution in [0.5, 0.6) is 0 Å². The summed E-state index contributed by atoms with van der Waals surface area (Å²) in [6, 6.07) is -0.206. The van der Waals surface area contributed by atoms with Crippen LogP contribution in [0, 0.1) is 5.41 Å². The van der Waals surface area contributed by atoms with Crippen molar-refractivity contribution < 1.29 is 14.7 Å². The van der Waals surface area contributed by atoms with Gasteiger partial charge in [-0.25, -0.2) is 4.79 Å². The molecule has 1 aliphatic carbocycles. The predicted octanol–water partition coefficient (Wildman–Crippen LogP) is 2.61. The first kappa shape index (κ1) is 15.1. The van der Waals surface area contributed by atoms with Gasteiger partial charge in [-0.2, -0.15) is 0 Å². The van der Waals surface area contributed by atoms with Gasteiger partial charge in [-0.3, -0.25) is 4.79 Å². The number of hydrogen-bond acceptors (Lipinski definition) is 2. The highest BCUT2D eigenvalue weighted by molar-refractivity contribution is 5.76. The Hall–Kier alpha value is -1.26. The van der Waals surface area contributed by atoms with Crippen molar-refractivity contribution in [3.63, 3.8) is 0 Å². The fraction of sp³-hybridized carbons (Fsp3) is 0.867. The summed E-state index contributed by atoms with van der Waals surface area (Å²) in [5.41, 5.74) is 0.275. The highest BCUT2D eigenvalue weighted by Gasteiger charge is 2.34. The van der Waals surface area contributed by atoms with Crippen molar-refractivity contribution in [2.45, 2.75) is 64.3 Å². The molecule has 5 heteroatoms. The molecule has 0 radical (unpaired) electrons. The molecule has 1 saturated carbocycles. The fourth-order valence-corrected chi connectivity index (χ4v) is 3.66. The van der Waals surface area contributed by atoms with E-state index in [1.54, 1.807) is 4.90 Å². The van der Waals surface area contributed by atoms with Crippen molar-refractivity contribution in [1.29, 1.82) is 0 Å². The van der Waals surface area contributed by atoms with Gasteiger partial charge in [-0.1, -0.05) is 19.8 Å². The third kappa shape index (κ3) is 3.44. The second-order valence-electron chi connectivity index (χ2n) is 6.31. The first-order valence-electron chi connectivity index (χ1n) is 7.82. The van der Waals surface area contributed by atoms with Gasteiger partial charge in [0.15, 0.2) is 0 Å². The average molecular weight is 282 g/mol. The lowest BCUT2D eigenvalue weighted by molar-refractivity contribution is -0.137. The van der Waals surface area contributed by atoms with Crippen molar-refractivity contribution in [2.75, 3.05) is 13.1 Å². The molecular formula is C15H26N2O3. The van der Waals surface area contributed by atoms with E-state index in [1.165, 1.54) is 25.7 Å². The predicted molar refractivity (Wildman–Crippen MR) is 76.6 cm³/mol. The van der Waals surface area contributed by atoms with Crippen LogP contribution in [0.15, 0.2) is 0 Å². The van der Waals surface area contributed by atoms with E-state index in [4.69, 9.17) is 5.11 Å². The molecular weight excluding hydrogens is 256 g/mol. The second-order valence-corrected chi connectivity index (χ2v) is 6.31. The van der Waals surface area contributed by atoms with Crippen LogP contribution >= 0.6 is 0 Å². The summed E-state index contributed by atoms with van der Waals surface area (Å²) < 4.78 is 0. The summed E-state index contributed by atoms with van der Waals surface area (Å²) >= 11 is 0. The van der Waals surface area contributed by atoms with Crippen LogP contribution in [-0.2, 0) is 4.79 Å². The number of rotatable bonds is 5. The molecule has 1 saturated heterocycles.